The van der Waals surface area contributed by atoms with Gasteiger partial charge < -0.3 is 14.8 Å². The van der Waals surface area contributed by atoms with Crippen LogP contribution in [0.25, 0.3) is 0 Å². The van der Waals surface area contributed by atoms with Crippen molar-refractivity contribution >= 4 is 40.9 Å². The van der Waals surface area contributed by atoms with E-state index < -0.39 is 23.8 Å². The van der Waals surface area contributed by atoms with E-state index in [2.05, 4.69) is 4.98 Å². The number of rotatable bonds is 6. The molecule has 0 radical (unpaired) electrons. The highest BCUT2D eigenvalue weighted by molar-refractivity contribution is 8.00. The third-order valence-corrected chi connectivity index (χ3v) is 11.1. The number of ether oxygens (including phenoxy) is 1. The number of carboxylic acids is 1. The van der Waals surface area contributed by atoms with Crippen molar-refractivity contribution in [2.75, 3.05) is 7.11 Å². The molecule has 1 aromatic heterocycles. The SMILES string of the molecule is COc1ccc([C@@H]2c3sc(=O)[nH]c3S[C@@H]3[C@H]4C[C@@H]([C@@H]5C(=O)N([C@H](CC(C)C)C(=O)O)C(=O)[C@@H]45)[C@H]23)cc1. The quantitative estimate of drug-likeness (QED) is 0.552. The first-order valence-corrected chi connectivity index (χ1v) is 14.0. The molecule has 2 aliphatic carbocycles. The Kier molecular flexibility index (Phi) is 5.60. The molecule has 4 aliphatic rings. The number of fused-ring (bicyclic) bond motifs is 9. The number of methoxy groups -OCH3 is 1. The van der Waals surface area contributed by atoms with Crippen LogP contribution < -0.4 is 9.61 Å². The van der Waals surface area contributed by atoms with Crippen LogP contribution in [0.4, 0.5) is 0 Å². The maximum absolute atomic E-state index is 13.7. The van der Waals surface area contributed by atoms with Gasteiger partial charge in [0.05, 0.1) is 24.0 Å². The standard InChI is InChI=1S/C26H28N2O6S2/c1-10(2)8-15(25(31)32)28-23(29)18-13-9-14(19(18)24(28)30)20-17(13)16(11-4-6-12(34-3)7-5-11)21-22(35-20)27-26(33)36-21/h4-7,10,13-20H,8-9H2,1-3H3,(H,27,33)(H,31,32)/t13-,14+,15-,16+,17-,18+,19+,20-/m1/s1. The van der Waals surface area contributed by atoms with Gasteiger partial charge in [0, 0.05) is 16.0 Å². The molecule has 3 heterocycles. The molecular formula is C26H28N2O6S2. The number of amides is 2. The molecule has 10 heteroatoms. The highest BCUT2D eigenvalue weighted by atomic mass is 32.2. The van der Waals surface area contributed by atoms with Crippen LogP contribution in [0.1, 0.15) is 43.0 Å². The van der Waals surface area contributed by atoms with E-state index in [0.29, 0.717) is 0 Å². The van der Waals surface area contributed by atoms with Crippen molar-refractivity contribution in [2.24, 2.45) is 35.5 Å². The smallest absolute Gasteiger partial charge is 0.326 e. The summed E-state index contributed by atoms with van der Waals surface area (Å²) in [6, 6.07) is 6.73. The van der Waals surface area contributed by atoms with Crippen LogP contribution in [0.3, 0.4) is 0 Å². The van der Waals surface area contributed by atoms with Crippen molar-refractivity contribution in [1.82, 2.24) is 9.88 Å². The van der Waals surface area contributed by atoms with Crippen LogP contribution >= 0.6 is 23.1 Å². The zero-order chi connectivity index (χ0) is 25.5. The number of hydrogen-bond acceptors (Lipinski definition) is 7. The first-order chi connectivity index (χ1) is 17.2. The average molecular weight is 529 g/mol. The van der Waals surface area contributed by atoms with Crippen LogP contribution in [0.5, 0.6) is 5.75 Å². The third-order valence-electron chi connectivity index (χ3n) is 8.52. The van der Waals surface area contributed by atoms with Crippen molar-refractivity contribution in [1.29, 1.82) is 0 Å². The number of nitrogens with one attached hydrogen (secondary N) is 1. The van der Waals surface area contributed by atoms with Crippen molar-refractivity contribution in [3.63, 3.8) is 0 Å². The fourth-order valence-corrected chi connectivity index (χ4v) is 10.2. The lowest BCUT2D eigenvalue weighted by Crippen LogP contribution is -2.47. The van der Waals surface area contributed by atoms with Gasteiger partial charge in [0.15, 0.2) is 0 Å². The Balaban J connectivity index is 1.41. The molecule has 6 rings (SSSR count). The van der Waals surface area contributed by atoms with Gasteiger partial charge in [-0.2, -0.15) is 0 Å². The summed E-state index contributed by atoms with van der Waals surface area (Å²) in [5.41, 5.74) is 1.06. The van der Waals surface area contributed by atoms with E-state index in [1.54, 1.807) is 18.9 Å². The molecule has 8 nitrogen and oxygen atoms in total. The second kappa shape index (κ2) is 8.48. The van der Waals surface area contributed by atoms with Crippen LogP contribution in [0.15, 0.2) is 34.1 Å². The Morgan fingerprint density at radius 3 is 2.42 bits per heavy atom. The summed E-state index contributed by atoms with van der Waals surface area (Å²) in [4.78, 5) is 56.8. The summed E-state index contributed by atoms with van der Waals surface area (Å²) < 4.78 is 5.34. The van der Waals surface area contributed by atoms with Crippen molar-refractivity contribution < 1.29 is 24.2 Å². The molecule has 36 heavy (non-hydrogen) atoms. The monoisotopic (exact) mass is 528 g/mol. The molecule has 3 fully saturated rings. The molecule has 2 aliphatic heterocycles. The molecule has 2 amide bonds. The topological polar surface area (TPSA) is 117 Å². The highest BCUT2D eigenvalue weighted by Crippen LogP contribution is 2.68. The fourth-order valence-electron chi connectivity index (χ4n) is 7.29. The van der Waals surface area contributed by atoms with Gasteiger partial charge in [-0.15, -0.1) is 11.8 Å². The highest BCUT2D eigenvalue weighted by Gasteiger charge is 2.70. The molecule has 0 spiro atoms. The molecule has 190 valence electrons. The minimum absolute atomic E-state index is 0.0257. The lowest BCUT2D eigenvalue weighted by atomic mass is 9.68. The average Bonchev–Trinajstić information content (AvgIpc) is 3.56. The van der Waals surface area contributed by atoms with Gasteiger partial charge in [-0.05, 0) is 54.2 Å². The Labute approximate surface area is 216 Å². The number of aliphatic carboxylic acids is 1. The number of carbonyl (C=O) groups is 3. The van der Waals surface area contributed by atoms with Crippen LogP contribution in [0.2, 0.25) is 0 Å². The first-order valence-electron chi connectivity index (χ1n) is 12.3. The van der Waals surface area contributed by atoms with Crippen LogP contribution in [-0.4, -0.2) is 51.2 Å². The fraction of sp³-hybridized carbons (Fsp3) is 0.538. The molecule has 2 aromatic rings. The number of imide groups is 1. The zero-order valence-electron chi connectivity index (χ0n) is 20.2. The minimum Gasteiger partial charge on any atom is -0.497 e. The number of nitrogens with zero attached hydrogens (tertiary/aromatic N) is 1. The second-order valence-corrected chi connectivity index (χ2v) is 13.0. The van der Waals surface area contributed by atoms with E-state index in [0.717, 1.165) is 32.5 Å². The lowest BCUT2D eigenvalue weighted by molar-refractivity contribution is -0.156. The van der Waals surface area contributed by atoms with Crippen LogP contribution in [-0.2, 0) is 14.4 Å². The molecule has 1 aromatic carbocycles. The van der Waals surface area contributed by atoms with E-state index in [-0.39, 0.29) is 57.9 Å². The van der Waals surface area contributed by atoms with Crippen molar-refractivity contribution in [2.45, 2.75) is 48.9 Å². The zero-order valence-corrected chi connectivity index (χ0v) is 21.8. The van der Waals surface area contributed by atoms with Crippen molar-refractivity contribution in [3.8, 4) is 5.75 Å². The summed E-state index contributed by atoms with van der Waals surface area (Å²) in [7, 11) is 1.62. The van der Waals surface area contributed by atoms with E-state index >= 15 is 0 Å². The Morgan fingerprint density at radius 1 is 1.14 bits per heavy atom. The van der Waals surface area contributed by atoms with E-state index in [9.17, 15) is 24.3 Å². The number of carbonyl (C=O) groups excluding carboxylic acids is 2. The molecule has 2 bridgehead atoms. The number of aromatic nitrogens is 1. The van der Waals surface area contributed by atoms with Gasteiger partial charge in [0.1, 0.15) is 11.8 Å². The normalized spacial score (nSPS) is 33.0. The summed E-state index contributed by atoms with van der Waals surface area (Å²) in [6.07, 6.45) is 1.02. The number of aromatic amines is 1. The van der Waals surface area contributed by atoms with Gasteiger partial charge >= 0.3 is 10.8 Å². The van der Waals surface area contributed by atoms with Gasteiger partial charge in [0.2, 0.25) is 11.8 Å². The van der Waals surface area contributed by atoms with Crippen LogP contribution in [0, 0.1) is 35.5 Å². The maximum Gasteiger partial charge on any atom is 0.326 e. The van der Waals surface area contributed by atoms with Gasteiger partial charge in [0.25, 0.3) is 0 Å². The summed E-state index contributed by atoms with van der Waals surface area (Å²) >= 11 is 2.85. The number of benzene rings is 1. The van der Waals surface area contributed by atoms with E-state index in [1.165, 1.54) is 11.3 Å². The number of likely N-dealkylation sites (tertiary alicyclic amines) is 1. The number of H-pyrrole nitrogens is 1. The van der Waals surface area contributed by atoms with Gasteiger partial charge in [-0.1, -0.05) is 37.3 Å². The molecule has 2 N–H and O–H groups in total. The number of hydrogen-bond donors (Lipinski definition) is 2. The first kappa shape index (κ1) is 23.8. The molecule has 2 saturated carbocycles. The summed E-state index contributed by atoms with van der Waals surface area (Å²) in [5, 5.41) is 10.8. The van der Waals surface area contributed by atoms with E-state index in [4.69, 9.17) is 4.74 Å². The molecular weight excluding hydrogens is 500 g/mol. The number of carboxylic acid groups (broad SMARTS) is 1. The lowest BCUT2D eigenvalue weighted by Gasteiger charge is -2.43. The molecule has 1 saturated heterocycles. The Morgan fingerprint density at radius 2 is 1.81 bits per heavy atom. The number of thiazole rings is 1. The van der Waals surface area contributed by atoms with Gasteiger partial charge in [-0.3, -0.25) is 19.3 Å². The summed E-state index contributed by atoms with van der Waals surface area (Å²) in [6.45, 7) is 3.80. The second-order valence-electron chi connectivity index (χ2n) is 10.8. The minimum atomic E-state index is -1.12. The van der Waals surface area contributed by atoms with Gasteiger partial charge in [-0.25, -0.2) is 4.79 Å². The Bertz CT molecular complexity index is 1300. The molecule has 8 atom stereocenters. The van der Waals surface area contributed by atoms with E-state index in [1.807, 2.05) is 38.1 Å². The van der Waals surface area contributed by atoms with Crippen molar-refractivity contribution in [3.05, 3.63) is 44.4 Å². The number of thioether (sulfide) groups is 1. The predicted octanol–water partition coefficient (Wildman–Crippen LogP) is 3.42. The maximum atomic E-state index is 13.7. The Hall–Kier alpha value is -2.59. The largest absolute Gasteiger partial charge is 0.497 e. The molecule has 0 unspecified atom stereocenters. The summed E-state index contributed by atoms with van der Waals surface area (Å²) in [5.74, 6) is -2.01. The third kappa shape index (κ3) is 3.33. The predicted molar refractivity (Wildman–Crippen MR) is 134 cm³/mol.